The Morgan fingerprint density at radius 1 is 1.09 bits per heavy atom. The minimum Gasteiger partial charge on any atom is -0.354 e. The predicted octanol–water partition coefficient (Wildman–Crippen LogP) is 4.20. The summed E-state index contributed by atoms with van der Waals surface area (Å²) in [7, 11) is 0. The van der Waals surface area contributed by atoms with E-state index < -0.39 is 0 Å². The molecule has 1 aromatic carbocycles. The van der Waals surface area contributed by atoms with E-state index in [0.29, 0.717) is 5.39 Å². The molecule has 3 rings (SSSR count). The van der Waals surface area contributed by atoms with Gasteiger partial charge in [0.2, 0.25) is 0 Å². The summed E-state index contributed by atoms with van der Waals surface area (Å²) in [5.74, 6) is 0. The number of pyridine rings is 2. The van der Waals surface area contributed by atoms with Gasteiger partial charge in [-0.1, -0.05) is 39.0 Å². The van der Waals surface area contributed by atoms with Crippen molar-refractivity contribution in [3.05, 3.63) is 64.1 Å². The molecule has 0 atom stereocenters. The number of aromatic amines is 1. The van der Waals surface area contributed by atoms with Crippen LogP contribution in [0.2, 0.25) is 0 Å². The molecular formula is C19H20N2O. The second kappa shape index (κ2) is 5.09. The number of benzene rings is 1. The van der Waals surface area contributed by atoms with Crippen LogP contribution in [0.5, 0.6) is 0 Å². The summed E-state index contributed by atoms with van der Waals surface area (Å²) in [5, 5.41) is 0.621. The molecule has 3 nitrogen and oxygen atoms in total. The van der Waals surface area contributed by atoms with Crippen LogP contribution < -0.4 is 5.43 Å². The molecule has 112 valence electrons. The molecule has 3 heteroatoms. The number of fused-ring (bicyclic) bond motifs is 1. The van der Waals surface area contributed by atoms with E-state index in [1.165, 1.54) is 5.56 Å². The van der Waals surface area contributed by atoms with E-state index in [1.807, 2.05) is 6.07 Å². The first-order valence-corrected chi connectivity index (χ1v) is 7.45. The van der Waals surface area contributed by atoms with Gasteiger partial charge in [0.15, 0.2) is 5.43 Å². The molecule has 0 aliphatic rings. The highest BCUT2D eigenvalue weighted by Crippen LogP contribution is 2.28. The van der Waals surface area contributed by atoms with E-state index in [4.69, 9.17) is 0 Å². The SMILES string of the molecule is Cc1cc(C(C)(C)C)ccc1-c1cc(=O)c2cnccc2[nH]1. The fourth-order valence-electron chi connectivity index (χ4n) is 2.67. The van der Waals surface area contributed by atoms with Crippen LogP contribution in [0, 0.1) is 6.92 Å². The summed E-state index contributed by atoms with van der Waals surface area (Å²) in [5.41, 5.74) is 5.29. The summed E-state index contributed by atoms with van der Waals surface area (Å²) in [6.45, 7) is 8.69. The average molecular weight is 292 g/mol. The third-order valence-electron chi connectivity index (χ3n) is 4.01. The molecule has 0 spiro atoms. The lowest BCUT2D eigenvalue weighted by molar-refractivity contribution is 0.590. The maximum atomic E-state index is 12.3. The maximum absolute atomic E-state index is 12.3. The highest BCUT2D eigenvalue weighted by atomic mass is 16.1. The van der Waals surface area contributed by atoms with Crippen molar-refractivity contribution in [2.24, 2.45) is 0 Å². The summed E-state index contributed by atoms with van der Waals surface area (Å²) in [6, 6.07) is 9.91. The third kappa shape index (κ3) is 2.54. The lowest BCUT2D eigenvalue weighted by Gasteiger charge is -2.20. The summed E-state index contributed by atoms with van der Waals surface area (Å²) < 4.78 is 0. The predicted molar refractivity (Wildman–Crippen MR) is 91.2 cm³/mol. The van der Waals surface area contributed by atoms with Crippen LogP contribution in [0.1, 0.15) is 31.9 Å². The van der Waals surface area contributed by atoms with Crippen LogP contribution in [0.4, 0.5) is 0 Å². The van der Waals surface area contributed by atoms with Gasteiger partial charge in [-0.15, -0.1) is 0 Å². The van der Waals surface area contributed by atoms with Gasteiger partial charge in [0, 0.05) is 29.7 Å². The van der Waals surface area contributed by atoms with Crippen LogP contribution in [0.15, 0.2) is 47.5 Å². The molecule has 0 unspecified atom stereocenters. The van der Waals surface area contributed by atoms with Crippen LogP contribution in [-0.2, 0) is 5.41 Å². The standard InChI is InChI=1S/C19H20N2O/c1-12-9-13(19(2,3)4)5-6-14(12)17-10-18(22)15-11-20-8-7-16(15)21-17/h5-11H,1-4H3,(H,21,22). The Bertz CT molecular complexity index is 901. The molecule has 0 saturated heterocycles. The van der Waals surface area contributed by atoms with Gasteiger partial charge in [0.1, 0.15) is 0 Å². The quantitative estimate of drug-likeness (QED) is 0.730. The van der Waals surface area contributed by atoms with Crippen molar-refractivity contribution in [1.82, 2.24) is 9.97 Å². The number of nitrogens with zero attached hydrogens (tertiary/aromatic N) is 1. The number of hydrogen-bond donors (Lipinski definition) is 1. The van der Waals surface area contributed by atoms with Crippen molar-refractivity contribution >= 4 is 10.9 Å². The van der Waals surface area contributed by atoms with Crippen molar-refractivity contribution in [2.75, 3.05) is 0 Å². The first kappa shape index (κ1) is 14.5. The highest BCUT2D eigenvalue weighted by Gasteiger charge is 2.15. The Kier molecular flexibility index (Phi) is 3.36. The Morgan fingerprint density at radius 2 is 1.86 bits per heavy atom. The van der Waals surface area contributed by atoms with Crippen LogP contribution in [0.3, 0.4) is 0 Å². The molecule has 0 amide bonds. The van der Waals surface area contributed by atoms with Gasteiger partial charge in [-0.05, 0) is 29.5 Å². The number of nitrogens with one attached hydrogen (secondary N) is 1. The summed E-state index contributed by atoms with van der Waals surface area (Å²) >= 11 is 0. The van der Waals surface area contributed by atoms with Gasteiger partial charge >= 0.3 is 0 Å². The average Bonchev–Trinajstić information content (AvgIpc) is 2.46. The summed E-state index contributed by atoms with van der Waals surface area (Å²) in [4.78, 5) is 19.6. The number of aryl methyl sites for hydroxylation is 1. The van der Waals surface area contributed by atoms with E-state index in [0.717, 1.165) is 22.3 Å². The number of rotatable bonds is 1. The molecule has 0 bridgehead atoms. The van der Waals surface area contributed by atoms with E-state index >= 15 is 0 Å². The first-order valence-electron chi connectivity index (χ1n) is 7.45. The van der Waals surface area contributed by atoms with E-state index in [2.05, 4.69) is 55.9 Å². The molecule has 3 aromatic rings. The number of hydrogen-bond acceptors (Lipinski definition) is 2. The third-order valence-corrected chi connectivity index (χ3v) is 4.01. The van der Waals surface area contributed by atoms with Gasteiger partial charge in [-0.3, -0.25) is 9.78 Å². The topological polar surface area (TPSA) is 45.8 Å². The first-order chi connectivity index (χ1) is 10.4. The molecule has 2 aromatic heterocycles. The Balaban J connectivity index is 2.18. The van der Waals surface area contributed by atoms with Crippen molar-refractivity contribution in [1.29, 1.82) is 0 Å². The fourth-order valence-corrected chi connectivity index (χ4v) is 2.67. The van der Waals surface area contributed by atoms with Gasteiger partial charge in [-0.25, -0.2) is 0 Å². The number of H-pyrrole nitrogens is 1. The van der Waals surface area contributed by atoms with E-state index in [9.17, 15) is 4.79 Å². The Labute approximate surface area is 130 Å². The van der Waals surface area contributed by atoms with Crippen LogP contribution in [-0.4, -0.2) is 9.97 Å². The van der Waals surface area contributed by atoms with Gasteiger partial charge in [0.25, 0.3) is 0 Å². The van der Waals surface area contributed by atoms with Crippen LogP contribution >= 0.6 is 0 Å². The maximum Gasteiger partial charge on any atom is 0.191 e. The van der Waals surface area contributed by atoms with Gasteiger partial charge < -0.3 is 4.98 Å². The molecule has 0 aliphatic carbocycles. The number of aromatic nitrogens is 2. The van der Waals surface area contributed by atoms with E-state index in [-0.39, 0.29) is 10.8 Å². The molecule has 0 radical (unpaired) electrons. The largest absolute Gasteiger partial charge is 0.354 e. The highest BCUT2D eigenvalue weighted by molar-refractivity contribution is 5.80. The molecular weight excluding hydrogens is 272 g/mol. The Hall–Kier alpha value is -2.42. The second-order valence-corrected chi connectivity index (χ2v) is 6.75. The molecule has 1 N–H and O–H groups in total. The monoisotopic (exact) mass is 292 g/mol. The molecule has 22 heavy (non-hydrogen) atoms. The van der Waals surface area contributed by atoms with Crippen molar-refractivity contribution in [2.45, 2.75) is 33.1 Å². The van der Waals surface area contributed by atoms with Crippen molar-refractivity contribution < 1.29 is 0 Å². The molecule has 0 saturated carbocycles. The zero-order chi connectivity index (χ0) is 15.9. The van der Waals surface area contributed by atoms with Gasteiger partial charge in [-0.2, -0.15) is 0 Å². The van der Waals surface area contributed by atoms with Crippen molar-refractivity contribution in [3.63, 3.8) is 0 Å². The zero-order valence-electron chi connectivity index (χ0n) is 13.4. The van der Waals surface area contributed by atoms with E-state index in [1.54, 1.807) is 18.5 Å². The minimum atomic E-state index is -0.00357. The smallest absolute Gasteiger partial charge is 0.191 e. The molecule has 0 aliphatic heterocycles. The second-order valence-electron chi connectivity index (χ2n) is 6.75. The lowest BCUT2D eigenvalue weighted by Crippen LogP contribution is -2.11. The molecule has 2 heterocycles. The normalized spacial score (nSPS) is 11.8. The summed E-state index contributed by atoms with van der Waals surface area (Å²) in [6.07, 6.45) is 3.30. The lowest BCUT2D eigenvalue weighted by atomic mass is 9.85. The molecule has 0 fully saturated rings. The zero-order valence-corrected chi connectivity index (χ0v) is 13.4. The fraction of sp³-hybridized carbons (Fsp3) is 0.263. The minimum absolute atomic E-state index is 0.00357. The van der Waals surface area contributed by atoms with Crippen molar-refractivity contribution in [3.8, 4) is 11.3 Å². The Morgan fingerprint density at radius 3 is 2.55 bits per heavy atom. The van der Waals surface area contributed by atoms with Gasteiger partial charge in [0.05, 0.1) is 10.9 Å². The van der Waals surface area contributed by atoms with Crippen LogP contribution in [0.25, 0.3) is 22.2 Å².